The van der Waals surface area contributed by atoms with Crippen molar-refractivity contribution >= 4 is 12.0 Å². The maximum atomic E-state index is 12.1. The Labute approximate surface area is 127 Å². The van der Waals surface area contributed by atoms with E-state index in [-0.39, 0.29) is 18.0 Å². The van der Waals surface area contributed by atoms with E-state index in [9.17, 15) is 9.59 Å². The van der Waals surface area contributed by atoms with Gasteiger partial charge in [-0.2, -0.15) is 0 Å². The fourth-order valence-corrected chi connectivity index (χ4v) is 2.56. The molecule has 2 atom stereocenters. The number of hydrogen-bond acceptors (Lipinski definition) is 4. The predicted octanol–water partition coefficient (Wildman–Crippen LogP) is 1.58. The number of carbonyl (C=O) groups excluding carboxylic acids is 2. The van der Waals surface area contributed by atoms with Crippen molar-refractivity contribution in [2.45, 2.75) is 65.1 Å². The van der Waals surface area contributed by atoms with Gasteiger partial charge in [0.2, 0.25) is 5.91 Å². The van der Waals surface area contributed by atoms with E-state index in [1.54, 1.807) is 16.7 Å². The summed E-state index contributed by atoms with van der Waals surface area (Å²) in [5.74, 6) is -0.0615. The number of ether oxygens (including phenoxy) is 1. The minimum absolute atomic E-state index is 0.0229. The third kappa shape index (κ3) is 5.19. The van der Waals surface area contributed by atoms with Crippen LogP contribution in [0.5, 0.6) is 0 Å². The summed E-state index contributed by atoms with van der Waals surface area (Å²) >= 11 is 0. The molecule has 6 nitrogen and oxygen atoms in total. The van der Waals surface area contributed by atoms with Crippen molar-refractivity contribution in [1.82, 2.24) is 9.80 Å². The molecule has 1 heterocycles. The van der Waals surface area contributed by atoms with Gasteiger partial charge < -0.3 is 20.3 Å². The molecule has 6 heteroatoms. The highest BCUT2D eigenvalue weighted by Crippen LogP contribution is 2.19. The molecule has 0 radical (unpaired) electrons. The number of likely N-dealkylation sites (N-methyl/N-ethyl adjacent to an activating group) is 1. The van der Waals surface area contributed by atoms with Gasteiger partial charge in [0.05, 0.1) is 6.04 Å². The lowest BCUT2D eigenvalue weighted by atomic mass is 10.0. The smallest absolute Gasteiger partial charge is 0.410 e. The molecule has 2 unspecified atom stereocenters. The normalized spacial score (nSPS) is 20.9. The molecule has 0 aromatic heterocycles. The van der Waals surface area contributed by atoms with Crippen LogP contribution in [0.1, 0.15) is 47.5 Å². The van der Waals surface area contributed by atoms with Crippen molar-refractivity contribution in [1.29, 1.82) is 0 Å². The molecule has 1 saturated heterocycles. The maximum absolute atomic E-state index is 12.1. The van der Waals surface area contributed by atoms with Crippen molar-refractivity contribution in [2.75, 3.05) is 19.6 Å². The highest BCUT2D eigenvalue weighted by Gasteiger charge is 2.32. The van der Waals surface area contributed by atoms with Gasteiger partial charge in [-0.25, -0.2) is 4.79 Å². The standard InChI is InChI=1S/C15H29N3O3/c1-6-18(13(19)11(2)16)12-8-7-9-17(10-12)14(20)21-15(3,4)5/h11-12H,6-10,16H2,1-5H3. The second-order valence-corrected chi connectivity index (χ2v) is 6.64. The number of nitrogens with zero attached hydrogens (tertiary/aromatic N) is 2. The van der Waals surface area contributed by atoms with Crippen LogP contribution in [0.25, 0.3) is 0 Å². The number of hydrogen-bond donors (Lipinski definition) is 1. The molecule has 1 aliphatic heterocycles. The number of piperidine rings is 1. The molecule has 0 bridgehead atoms. The summed E-state index contributed by atoms with van der Waals surface area (Å²) in [6.07, 6.45) is 1.45. The Balaban J connectivity index is 2.70. The molecule has 1 fully saturated rings. The second-order valence-electron chi connectivity index (χ2n) is 6.64. The van der Waals surface area contributed by atoms with Crippen LogP contribution in [-0.2, 0) is 9.53 Å². The topological polar surface area (TPSA) is 75.9 Å². The Kier molecular flexibility index (Phi) is 6.01. The van der Waals surface area contributed by atoms with Gasteiger partial charge in [-0.3, -0.25) is 4.79 Å². The molecule has 2 N–H and O–H groups in total. The van der Waals surface area contributed by atoms with Crippen LogP contribution in [-0.4, -0.2) is 59.1 Å². The van der Waals surface area contributed by atoms with Crippen LogP contribution in [0.2, 0.25) is 0 Å². The van der Waals surface area contributed by atoms with E-state index >= 15 is 0 Å². The number of amides is 2. The molecule has 0 saturated carbocycles. The van der Waals surface area contributed by atoms with Gasteiger partial charge in [-0.1, -0.05) is 0 Å². The average molecular weight is 299 g/mol. The molecule has 0 aliphatic carbocycles. The summed E-state index contributed by atoms with van der Waals surface area (Å²) in [6.45, 7) is 11.0. The van der Waals surface area contributed by atoms with Crippen molar-refractivity contribution in [2.24, 2.45) is 5.73 Å². The van der Waals surface area contributed by atoms with Gasteiger partial charge in [-0.15, -0.1) is 0 Å². The molecule has 21 heavy (non-hydrogen) atoms. The monoisotopic (exact) mass is 299 g/mol. The Morgan fingerprint density at radius 3 is 2.52 bits per heavy atom. The molecule has 1 aliphatic rings. The predicted molar refractivity (Wildman–Crippen MR) is 81.9 cm³/mol. The van der Waals surface area contributed by atoms with Crippen LogP contribution < -0.4 is 5.73 Å². The Morgan fingerprint density at radius 1 is 1.43 bits per heavy atom. The molecule has 0 aromatic rings. The lowest BCUT2D eigenvalue weighted by Crippen LogP contribution is -2.55. The fourth-order valence-electron chi connectivity index (χ4n) is 2.56. The lowest BCUT2D eigenvalue weighted by molar-refractivity contribution is -0.135. The van der Waals surface area contributed by atoms with Crippen molar-refractivity contribution in [3.05, 3.63) is 0 Å². The highest BCUT2D eigenvalue weighted by atomic mass is 16.6. The van der Waals surface area contributed by atoms with Crippen LogP contribution in [0, 0.1) is 0 Å². The van der Waals surface area contributed by atoms with Crippen LogP contribution in [0.4, 0.5) is 4.79 Å². The molecule has 122 valence electrons. The fraction of sp³-hybridized carbons (Fsp3) is 0.867. The lowest BCUT2D eigenvalue weighted by Gasteiger charge is -2.39. The first kappa shape index (κ1) is 17.8. The van der Waals surface area contributed by atoms with Gasteiger partial charge in [-0.05, 0) is 47.5 Å². The second kappa shape index (κ2) is 7.11. The summed E-state index contributed by atoms with van der Waals surface area (Å²) < 4.78 is 5.41. The summed E-state index contributed by atoms with van der Waals surface area (Å²) in [6, 6.07) is -0.489. The van der Waals surface area contributed by atoms with Crippen molar-refractivity contribution in [3.8, 4) is 0 Å². The summed E-state index contributed by atoms with van der Waals surface area (Å²) in [7, 11) is 0. The zero-order valence-electron chi connectivity index (χ0n) is 13.9. The summed E-state index contributed by atoms with van der Waals surface area (Å²) in [5.41, 5.74) is 5.20. The van der Waals surface area contributed by atoms with E-state index in [0.29, 0.717) is 19.6 Å². The molecular weight excluding hydrogens is 270 g/mol. The Bertz CT molecular complexity index is 377. The summed E-state index contributed by atoms with van der Waals surface area (Å²) in [4.78, 5) is 27.8. The first-order valence-corrected chi connectivity index (χ1v) is 7.69. The first-order valence-electron chi connectivity index (χ1n) is 7.69. The molecule has 2 amide bonds. The van der Waals surface area contributed by atoms with Crippen molar-refractivity contribution in [3.63, 3.8) is 0 Å². The largest absolute Gasteiger partial charge is 0.444 e. The number of nitrogens with two attached hydrogens (primary N) is 1. The molecule has 0 aromatic carbocycles. The summed E-state index contributed by atoms with van der Waals surface area (Å²) in [5, 5.41) is 0. The zero-order chi connectivity index (χ0) is 16.2. The van der Waals surface area contributed by atoms with E-state index in [1.165, 1.54) is 0 Å². The third-order valence-electron chi connectivity index (χ3n) is 3.50. The van der Waals surface area contributed by atoms with Crippen molar-refractivity contribution < 1.29 is 14.3 Å². The molecule has 1 rings (SSSR count). The maximum Gasteiger partial charge on any atom is 0.410 e. The van der Waals surface area contributed by atoms with E-state index in [4.69, 9.17) is 10.5 Å². The SMILES string of the molecule is CCN(C(=O)C(C)N)C1CCCN(C(=O)OC(C)(C)C)C1. The molecular formula is C15H29N3O3. The van der Waals surface area contributed by atoms with Gasteiger partial charge in [0.25, 0.3) is 0 Å². The third-order valence-corrected chi connectivity index (χ3v) is 3.50. The highest BCUT2D eigenvalue weighted by molar-refractivity contribution is 5.81. The van der Waals surface area contributed by atoms with Gasteiger partial charge in [0, 0.05) is 25.7 Å². The van der Waals surface area contributed by atoms with E-state index < -0.39 is 11.6 Å². The Hall–Kier alpha value is -1.30. The zero-order valence-corrected chi connectivity index (χ0v) is 13.9. The Morgan fingerprint density at radius 2 is 2.05 bits per heavy atom. The average Bonchev–Trinajstić information content (AvgIpc) is 2.37. The van der Waals surface area contributed by atoms with E-state index in [2.05, 4.69) is 0 Å². The van der Waals surface area contributed by atoms with E-state index in [0.717, 1.165) is 12.8 Å². The van der Waals surface area contributed by atoms with Crippen LogP contribution in [0.15, 0.2) is 0 Å². The minimum atomic E-state index is -0.512. The molecule has 0 spiro atoms. The quantitative estimate of drug-likeness (QED) is 0.858. The minimum Gasteiger partial charge on any atom is -0.444 e. The van der Waals surface area contributed by atoms with Crippen LogP contribution in [0.3, 0.4) is 0 Å². The van der Waals surface area contributed by atoms with Gasteiger partial charge in [0.1, 0.15) is 5.60 Å². The van der Waals surface area contributed by atoms with Gasteiger partial charge in [0.15, 0.2) is 0 Å². The van der Waals surface area contributed by atoms with Gasteiger partial charge >= 0.3 is 6.09 Å². The number of likely N-dealkylation sites (tertiary alicyclic amines) is 1. The first-order chi connectivity index (χ1) is 9.65. The number of carbonyl (C=O) groups is 2. The van der Waals surface area contributed by atoms with Crippen LogP contribution >= 0.6 is 0 Å². The number of rotatable bonds is 3. The van der Waals surface area contributed by atoms with E-state index in [1.807, 2.05) is 27.7 Å².